The van der Waals surface area contributed by atoms with Crippen LogP contribution in [0.1, 0.15) is 18.0 Å². The summed E-state index contributed by atoms with van der Waals surface area (Å²) in [4.78, 5) is 0. The largest absolute Gasteiger partial charge is 0.497 e. The van der Waals surface area contributed by atoms with Crippen LogP contribution in [0.2, 0.25) is 0 Å². The molecule has 4 nitrogen and oxygen atoms in total. The number of methoxy groups -OCH3 is 1. The van der Waals surface area contributed by atoms with Crippen LogP contribution in [0.25, 0.3) is 10.6 Å². The Kier molecular flexibility index (Phi) is 4.86. The van der Waals surface area contributed by atoms with Gasteiger partial charge in [-0.05, 0) is 31.2 Å². The van der Waals surface area contributed by atoms with E-state index < -0.39 is 0 Å². The third kappa shape index (κ3) is 3.15. The fourth-order valence-electron chi connectivity index (χ4n) is 1.27. The van der Waals surface area contributed by atoms with Crippen LogP contribution >= 0.6 is 23.7 Å². The summed E-state index contributed by atoms with van der Waals surface area (Å²) in [6.45, 7) is 1.90. The minimum Gasteiger partial charge on any atom is -0.497 e. The van der Waals surface area contributed by atoms with E-state index in [1.807, 2.05) is 31.2 Å². The summed E-state index contributed by atoms with van der Waals surface area (Å²) in [5.74, 6) is 0.834. The van der Waals surface area contributed by atoms with Gasteiger partial charge in [-0.15, -0.1) is 22.6 Å². The molecule has 0 saturated heterocycles. The van der Waals surface area contributed by atoms with E-state index in [9.17, 15) is 0 Å². The number of hydrogen-bond acceptors (Lipinski definition) is 5. The van der Waals surface area contributed by atoms with Gasteiger partial charge in [0.2, 0.25) is 0 Å². The van der Waals surface area contributed by atoms with Gasteiger partial charge < -0.3 is 10.5 Å². The summed E-state index contributed by atoms with van der Waals surface area (Å²) in [6.07, 6.45) is 0. The lowest BCUT2D eigenvalue weighted by atomic mass is 10.2. The minimum absolute atomic E-state index is 0. The molecule has 2 rings (SSSR count). The van der Waals surface area contributed by atoms with Crippen molar-refractivity contribution in [1.29, 1.82) is 0 Å². The first-order chi connectivity index (χ1) is 7.70. The highest BCUT2D eigenvalue weighted by Crippen LogP contribution is 2.27. The maximum atomic E-state index is 5.74. The Morgan fingerprint density at radius 1 is 1.24 bits per heavy atom. The second kappa shape index (κ2) is 5.95. The summed E-state index contributed by atoms with van der Waals surface area (Å²) < 4.78 is 5.10. The summed E-state index contributed by atoms with van der Waals surface area (Å²) >= 11 is 1.52. The molecule has 1 aromatic carbocycles. The van der Waals surface area contributed by atoms with Crippen molar-refractivity contribution >= 4 is 23.7 Å². The fourth-order valence-corrected chi connectivity index (χ4v) is 2.07. The number of ether oxygens (including phenoxy) is 1. The number of benzene rings is 1. The van der Waals surface area contributed by atoms with Crippen molar-refractivity contribution < 1.29 is 4.74 Å². The molecule has 0 saturated carbocycles. The zero-order chi connectivity index (χ0) is 11.5. The molecule has 0 spiro atoms. The zero-order valence-electron chi connectivity index (χ0n) is 9.58. The van der Waals surface area contributed by atoms with Gasteiger partial charge in [0.15, 0.2) is 0 Å². The Balaban J connectivity index is 0.00000144. The van der Waals surface area contributed by atoms with Gasteiger partial charge in [0.05, 0.1) is 13.2 Å². The van der Waals surface area contributed by atoms with E-state index in [4.69, 9.17) is 10.5 Å². The van der Waals surface area contributed by atoms with Crippen molar-refractivity contribution in [3.8, 4) is 16.3 Å². The van der Waals surface area contributed by atoms with E-state index in [2.05, 4.69) is 10.2 Å². The van der Waals surface area contributed by atoms with Gasteiger partial charge in [0.1, 0.15) is 15.8 Å². The second-order valence-electron chi connectivity index (χ2n) is 3.46. The lowest BCUT2D eigenvalue weighted by Gasteiger charge is -1.99. The average Bonchev–Trinajstić information content (AvgIpc) is 2.78. The van der Waals surface area contributed by atoms with Gasteiger partial charge in [-0.1, -0.05) is 11.3 Å². The topological polar surface area (TPSA) is 61.0 Å². The number of rotatable bonds is 3. The third-order valence-corrected chi connectivity index (χ3v) is 3.34. The summed E-state index contributed by atoms with van der Waals surface area (Å²) in [6, 6.07) is 7.67. The van der Waals surface area contributed by atoms with Crippen molar-refractivity contribution in [2.45, 2.75) is 13.0 Å². The molecule has 2 aromatic rings. The summed E-state index contributed by atoms with van der Waals surface area (Å²) in [5, 5.41) is 9.89. The zero-order valence-corrected chi connectivity index (χ0v) is 11.2. The molecule has 1 atom stereocenters. The average molecular weight is 272 g/mol. The van der Waals surface area contributed by atoms with Crippen molar-refractivity contribution in [1.82, 2.24) is 10.2 Å². The molecule has 92 valence electrons. The molecule has 0 radical (unpaired) electrons. The highest BCUT2D eigenvalue weighted by Gasteiger charge is 2.09. The Labute approximate surface area is 110 Å². The van der Waals surface area contributed by atoms with E-state index in [1.165, 1.54) is 11.3 Å². The van der Waals surface area contributed by atoms with Gasteiger partial charge >= 0.3 is 0 Å². The molecule has 6 heteroatoms. The quantitative estimate of drug-likeness (QED) is 0.932. The molecule has 2 N–H and O–H groups in total. The second-order valence-corrected chi connectivity index (χ2v) is 4.47. The predicted molar refractivity (Wildman–Crippen MR) is 71.7 cm³/mol. The molecule has 0 aliphatic rings. The van der Waals surface area contributed by atoms with Crippen LogP contribution in [-0.4, -0.2) is 17.3 Å². The number of hydrogen-bond donors (Lipinski definition) is 1. The lowest BCUT2D eigenvalue weighted by Crippen LogP contribution is -2.03. The first-order valence-corrected chi connectivity index (χ1v) is 5.76. The van der Waals surface area contributed by atoms with Crippen molar-refractivity contribution in [3.05, 3.63) is 29.3 Å². The standard InChI is InChI=1S/C11H13N3OS.ClH/c1-7(12)10-13-14-11(16-10)8-3-5-9(15-2)6-4-8;/h3-7H,12H2,1-2H3;1H. The molecule has 17 heavy (non-hydrogen) atoms. The monoisotopic (exact) mass is 271 g/mol. The third-order valence-electron chi connectivity index (χ3n) is 2.17. The number of halogens is 1. The normalized spacial score (nSPS) is 11.7. The Hall–Kier alpha value is -1.17. The SMILES string of the molecule is COc1ccc(-c2nnc(C(C)N)s2)cc1.Cl. The predicted octanol–water partition coefficient (Wildman–Crippen LogP) is 2.66. The van der Waals surface area contributed by atoms with Crippen LogP contribution < -0.4 is 10.5 Å². The van der Waals surface area contributed by atoms with Gasteiger partial charge in [-0.25, -0.2) is 0 Å². The molecular weight excluding hydrogens is 258 g/mol. The first-order valence-electron chi connectivity index (χ1n) is 4.94. The highest BCUT2D eigenvalue weighted by molar-refractivity contribution is 7.14. The fraction of sp³-hybridized carbons (Fsp3) is 0.273. The molecular formula is C11H14ClN3OS. The van der Waals surface area contributed by atoms with Crippen molar-refractivity contribution in [2.24, 2.45) is 5.73 Å². The smallest absolute Gasteiger partial charge is 0.147 e. The molecule has 1 heterocycles. The van der Waals surface area contributed by atoms with E-state index in [0.717, 1.165) is 21.3 Å². The molecule has 0 aliphatic heterocycles. The lowest BCUT2D eigenvalue weighted by molar-refractivity contribution is 0.415. The molecule has 0 bridgehead atoms. The molecule has 0 fully saturated rings. The van der Waals surface area contributed by atoms with E-state index in [-0.39, 0.29) is 18.4 Å². The van der Waals surface area contributed by atoms with Gasteiger partial charge in [0.25, 0.3) is 0 Å². The van der Waals surface area contributed by atoms with Crippen LogP contribution in [0.15, 0.2) is 24.3 Å². The number of nitrogens with two attached hydrogens (primary N) is 1. The molecule has 1 unspecified atom stereocenters. The van der Waals surface area contributed by atoms with Gasteiger partial charge in [0, 0.05) is 5.56 Å². The molecule has 0 aliphatic carbocycles. The van der Waals surface area contributed by atoms with E-state index in [0.29, 0.717) is 0 Å². The Bertz CT molecular complexity index is 470. The maximum Gasteiger partial charge on any atom is 0.147 e. The number of aromatic nitrogens is 2. The highest BCUT2D eigenvalue weighted by atomic mass is 35.5. The van der Waals surface area contributed by atoms with Crippen LogP contribution in [0.5, 0.6) is 5.75 Å². The van der Waals surface area contributed by atoms with E-state index >= 15 is 0 Å². The molecule has 1 aromatic heterocycles. The van der Waals surface area contributed by atoms with Crippen LogP contribution in [0, 0.1) is 0 Å². The van der Waals surface area contributed by atoms with Crippen LogP contribution in [-0.2, 0) is 0 Å². The van der Waals surface area contributed by atoms with E-state index in [1.54, 1.807) is 7.11 Å². The van der Waals surface area contributed by atoms with Crippen LogP contribution in [0.4, 0.5) is 0 Å². The van der Waals surface area contributed by atoms with Crippen molar-refractivity contribution in [3.63, 3.8) is 0 Å². The first kappa shape index (κ1) is 13.9. The van der Waals surface area contributed by atoms with Gasteiger partial charge in [-0.3, -0.25) is 0 Å². The Morgan fingerprint density at radius 3 is 2.35 bits per heavy atom. The summed E-state index contributed by atoms with van der Waals surface area (Å²) in [7, 11) is 1.65. The minimum atomic E-state index is -0.0653. The summed E-state index contributed by atoms with van der Waals surface area (Å²) in [5.41, 5.74) is 6.77. The van der Waals surface area contributed by atoms with Crippen LogP contribution in [0.3, 0.4) is 0 Å². The maximum absolute atomic E-state index is 5.74. The number of nitrogens with zero attached hydrogens (tertiary/aromatic N) is 2. The molecule has 0 amide bonds. The Morgan fingerprint density at radius 2 is 1.88 bits per heavy atom. The van der Waals surface area contributed by atoms with Crippen molar-refractivity contribution in [2.75, 3.05) is 7.11 Å². The van der Waals surface area contributed by atoms with Gasteiger partial charge in [-0.2, -0.15) is 0 Å².